The van der Waals surface area contributed by atoms with Crippen molar-refractivity contribution in [3.8, 4) is 0 Å². The summed E-state index contributed by atoms with van der Waals surface area (Å²) in [6, 6.07) is 11.3. The maximum absolute atomic E-state index is 3.06. The maximum atomic E-state index is 3.06. The van der Waals surface area contributed by atoms with Gasteiger partial charge < -0.3 is 4.57 Å². The fraction of sp³-hybridized carbons (Fsp3) is 0.429. The molecule has 2 aromatic rings. The summed E-state index contributed by atoms with van der Waals surface area (Å²) in [5.41, 5.74) is 2.57. The summed E-state index contributed by atoms with van der Waals surface area (Å²) in [4.78, 5) is 0. The monoisotopic (exact) mass is 388 g/mol. The minimum atomic E-state index is 0. The van der Waals surface area contributed by atoms with Gasteiger partial charge in [-0.3, -0.25) is 0 Å². The Balaban J connectivity index is 0. The van der Waals surface area contributed by atoms with E-state index in [2.05, 4.69) is 36.7 Å². The third-order valence-electron chi connectivity index (χ3n) is 2.13. The minimum absolute atomic E-state index is 0. The maximum Gasteiger partial charge on any atom is 0.00917 e. The van der Waals surface area contributed by atoms with Crippen molar-refractivity contribution in [1.29, 1.82) is 0 Å². The Hall–Kier alpha value is -0.552. The van der Waals surface area contributed by atoms with Crippen molar-refractivity contribution in [2.45, 2.75) is 34.6 Å². The number of hydrogen-bond acceptors (Lipinski definition) is 0. The van der Waals surface area contributed by atoms with Crippen molar-refractivity contribution < 1.29 is 21.1 Å². The van der Waals surface area contributed by atoms with Gasteiger partial charge in [-0.1, -0.05) is 39.3 Å². The molecular weight excluding hydrogens is 366 g/mol. The third kappa shape index (κ3) is 4.14. The summed E-state index contributed by atoms with van der Waals surface area (Å²) in [5, 5.41) is 1.27. The largest absolute Gasteiger partial charge is 0.372 e. The number of benzene rings is 1. The standard InChI is InChI=1S/C10H10N.2C2H6.W/c1-8-7-9-5-3-4-6-10(9)11(8)2;2*1-2;/h4-7H,1-2H3;2*1-2H3;/q-1;;;. The van der Waals surface area contributed by atoms with E-state index in [9.17, 15) is 0 Å². The number of nitrogens with zero attached hydrogens (tertiary/aromatic N) is 1. The molecule has 16 heavy (non-hydrogen) atoms. The van der Waals surface area contributed by atoms with Crippen molar-refractivity contribution in [1.82, 2.24) is 4.57 Å². The van der Waals surface area contributed by atoms with Gasteiger partial charge in [-0.2, -0.15) is 18.2 Å². The predicted molar refractivity (Wildman–Crippen MR) is 69.2 cm³/mol. The third-order valence-corrected chi connectivity index (χ3v) is 2.13. The molecule has 1 aromatic heterocycles. The van der Waals surface area contributed by atoms with Gasteiger partial charge in [-0.25, -0.2) is 0 Å². The van der Waals surface area contributed by atoms with Crippen molar-refractivity contribution in [3.05, 3.63) is 36.0 Å². The Morgan fingerprint density at radius 3 is 2.19 bits per heavy atom. The van der Waals surface area contributed by atoms with Gasteiger partial charge in [0.25, 0.3) is 0 Å². The Kier molecular flexibility index (Phi) is 10.8. The Morgan fingerprint density at radius 1 is 1.12 bits per heavy atom. The molecule has 0 bridgehead atoms. The van der Waals surface area contributed by atoms with Crippen LogP contribution in [0.15, 0.2) is 24.3 Å². The molecule has 0 aliphatic rings. The van der Waals surface area contributed by atoms with Crippen molar-refractivity contribution >= 4 is 10.9 Å². The first-order valence-electron chi connectivity index (χ1n) is 5.71. The molecule has 0 saturated carbocycles. The van der Waals surface area contributed by atoms with Crippen LogP contribution in [-0.2, 0) is 28.1 Å². The zero-order chi connectivity index (χ0) is 11.8. The van der Waals surface area contributed by atoms with E-state index < -0.39 is 0 Å². The molecule has 1 heterocycles. The quantitative estimate of drug-likeness (QED) is 0.592. The molecule has 0 spiro atoms. The first-order chi connectivity index (χ1) is 7.29. The first-order valence-corrected chi connectivity index (χ1v) is 5.71. The van der Waals surface area contributed by atoms with Crippen LogP contribution in [0.2, 0.25) is 0 Å². The minimum Gasteiger partial charge on any atom is -0.372 e. The molecule has 90 valence electrons. The molecule has 0 radical (unpaired) electrons. The molecule has 0 atom stereocenters. The fourth-order valence-electron chi connectivity index (χ4n) is 1.37. The van der Waals surface area contributed by atoms with Crippen LogP contribution in [-0.4, -0.2) is 4.57 Å². The predicted octanol–water partition coefficient (Wildman–Crippen LogP) is 4.34. The summed E-state index contributed by atoms with van der Waals surface area (Å²) >= 11 is 0. The van der Waals surface area contributed by atoms with E-state index in [-0.39, 0.29) is 21.1 Å². The second-order valence-corrected chi connectivity index (χ2v) is 2.83. The van der Waals surface area contributed by atoms with Crippen molar-refractivity contribution in [2.24, 2.45) is 7.05 Å². The number of aryl methyl sites for hydroxylation is 2. The summed E-state index contributed by atoms with van der Waals surface area (Å²) < 4.78 is 2.18. The number of rotatable bonds is 0. The van der Waals surface area contributed by atoms with Gasteiger partial charge in [0.1, 0.15) is 0 Å². The van der Waals surface area contributed by atoms with E-state index in [1.165, 1.54) is 16.6 Å². The van der Waals surface area contributed by atoms with Crippen LogP contribution >= 0.6 is 0 Å². The average molecular weight is 388 g/mol. The van der Waals surface area contributed by atoms with E-state index >= 15 is 0 Å². The second kappa shape index (κ2) is 9.66. The zero-order valence-corrected chi connectivity index (χ0v) is 14.1. The number of fused-ring (bicyclic) bond motifs is 1. The first kappa shape index (κ1) is 17.8. The molecule has 1 aromatic carbocycles. The summed E-state index contributed by atoms with van der Waals surface area (Å²) in [6.45, 7) is 10.1. The average Bonchev–Trinajstić information content (AvgIpc) is 2.61. The van der Waals surface area contributed by atoms with Gasteiger partial charge in [-0.15, -0.1) is 11.5 Å². The zero-order valence-electron chi connectivity index (χ0n) is 11.2. The van der Waals surface area contributed by atoms with Crippen LogP contribution < -0.4 is 0 Å². The Labute approximate surface area is 114 Å². The molecule has 0 aliphatic heterocycles. The van der Waals surface area contributed by atoms with E-state index in [0.717, 1.165) is 0 Å². The van der Waals surface area contributed by atoms with Gasteiger partial charge in [0.2, 0.25) is 0 Å². The molecule has 0 amide bonds. The summed E-state index contributed by atoms with van der Waals surface area (Å²) in [5.74, 6) is 0. The molecule has 2 heteroatoms. The van der Waals surface area contributed by atoms with Crippen LogP contribution in [0.1, 0.15) is 33.4 Å². The van der Waals surface area contributed by atoms with Crippen LogP contribution in [0.25, 0.3) is 10.9 Å². The van der Waals surface area contributed by atoms with Gasteiger partial charge in [0, 0.05) is 33.8 Å². The summed E-state index contributed by atoms with van der Waals surface area (Å²) in [6.07, 6.45) is 0. The van der Waals surface area contributed by atoms with Gasteiger partial charge in [0.05, 0.1) is 0 Å². The number of hydrogen-bond donors (Lipinski definition) is 0. The Bertz CT molecular complexity index is 391. The second-order valence-electron chi connectivity index (χ2n) is 2.83. The fourth-order valence-corrected chi connectivity index (χ4v) is 1.37. The Morgan fingerprint density at radius 2 is 1.69 bits per heavy atom. The van der Waals surface area contributed by atoms with E-state index in [4.69, 9.17) is 0 Å². The van der Waals surface area contributed by atoms with E-state index in [1.54, 1.807) is 0 Å². The molecule has 0 saturated heterocycles. The van der Waals surface area contributed by atoms with E-state index in [1.807, 2.05) is 39.8 Å². The van der Waals surface area contributed by atoms with Crippen LogP contribution in [0.4, 0.5) is 0 Å². The molecule has 0 aliphatic carbocycles. The SMILES string of the molecule is CC.CC.Cc1cc2c[c-]ccc2n1C.[W]. The van der Waals surface area contributed by atoms with Crippen molar-refractivity contribution in [2.75, 3.05) is 0 Å². The van der Waals surface area contributed by atoms with Gasteiger partial charge >= 0.3 is 0 Å². The van der Waals surface area contributed by atoms with Crippen molar-refractivity contribution in [3.63, 3.8) is 0 Å². The normalized spacial score (nSPS) is 8.12. The summed E-state index contributed by atoms with van der Waals surface area (Å²) in [7, 11) is 2.08. The van der Waals surface area contributed by atoms with E-state index in [0.29, 0.717) is 0 Å². The number of aromatic nitrogens is 1. The molecule has 0 N–H and O–H groups in total. The van der Waals surface area contributed by atoms with Crippen LogP contribution in [0.5, 0.6) is 0 Å². The molecule has 2 rings (SSSR count). The van der Waals surface area contributed by atoms with Gasteiger partial charge in [0.15, 0.2) is 0 Å². The molecule has 0 unspecified atom stereocenters. The van der Waals surface area contributed by atoms with Crippen LogP contribution in [0.3, 0.4) is 0 Å². The van der Waals surface area contributed by atoms with Gasteiger partial charge in [-0.05, 0) is 6.92 Å². The molecule has 1 nitrogen and oxygen atoms in total. The smallest absolute Gasteiger partial charge is 0.00917 e. The molecular formula is C14H22NW-. The topological polar surface area (TPSA) is 4.93 Å². The van der Waals surface area contributed by atoms with Crippen LogP contribution in [0, 0.1) is 13.0 Å². The molecule has 0 fully saturated rings.